The molecular formula is C17H35N3. The lowest BCUT2D eigenvalue weighted by molar-refractivity contribution is 0.156. The van der Waals surface area contributed by atoms with E-state index in [2.05, 4.69) is 29.0 Å². The van der Waals surface area contributed by atoms with E-state index in [1.807, 2.05) is 0 Å². The van der Waals surface area contributed by atoms with E-state index in [9.17, 15) is 0 Å². The van der Waals surface area contributed by atoms with Crippen LogP contribution in [0.2, 0.25) is 0 Å². The second-order valence-corrected chi connectivity index (χ2v) is 6.80. The Morgan fingerprint density at radius 1 is 1.00 bits per heavy atom. The number of nitrogens with zero attached hydrogens (tertiary/aromatic N) is 2. The first-order valence-electron chi connectivity index (χ1n) is 8.99. The Balaban J connectivity index is 1.51. The molecule has 0 amide bonds. The first-order chi connectivity index (χ1) is 9.79. The lowest BCUT2D eigenvalue weighted by Crippen LogP contribution is -2.44. The predicted molar refractivity (Wildman–Crippen MR) is 87.3 cm³/mol. The van der Waals surface area contributed by atoms with E-state index in [1.165, 1.54) is 84.2 Å². The van der Waals surface area contributed by atoms with Crippen molar-refractivity contribution in [1.29, 1.82) is 0 Å². The maximum Gasteiger partial charge on any atom is 0.00914 e. The molecule has 1 atom stereocenters. The van der Waals surface area contributed by atoms with Gasteiger partial charge >= 0.3 is 0 Å². The monoisotopic (exact) mass is 281 g/mol. The van der Waals surface area contributed by atoms with Crippen LogP contribution in [0.4, 0.5) is 0 Å². The van der Waals surface area contributed by atoms with Crippen LogP contribution in [-0.2, 0) is 0 Å². The Bertz CT molecular complexity index is 249. The highest BCUT2D eigenvalue weighted by Gasteiger charge is 2.19. The highest BCUT2D eigenvalue weighted by molar-refractivity contribution is 4.78. The quantitative estimate of drug-likeness (QED) is 0.724. The summed E-state index contributed by atoms with van der Waals surface area (Å²) in [6.45, 7) is 12.4. The Morgan fingerprint density at radius 2 is 1.80 bits per heavy atom. The molecule has 3 heteroatoms. The van der Waals surface area contributed by atoms with Crippen LogP contribution in [-0.4, -0.2) is 61.2 Å². The summed E-state index contributed by atoms with van der Waals surface area (Å²) in [6.07, 6.45) is 9.56. The van der Waals surface area contributed by atoms with Crippen LogP contribution in [0.15, 0.2) is 0 Å². The fraction of sp³-hybridized carbons (Fsp3) is 1.00. The normalized spacial score (nSPS) is 27.0. The van der Waals surface area contributed by atoms with Gasteiger partial charge < -0.3 is 15.1 Å². The number of hydrogen-bond acceptors (Lipinski definition) is 3. The zero-order chi connectivity index (χ0) is 14.2. The summed E-state index contributed by atoms with van der Waals surface area (Å²) >= 11 is 0. The molecule has 2 rings (SSSR count). The summed E-state index contributed by atoms with van der Waals surface area (Å²) in [5.41, 5.74) is 0. The highest BCUT2D eigenvalue weighted by Crippen LogP contribution is 2.16. The van der Waals surface area contributed by atoms with E-state index in [4.69, 9.17) is 0 Å². The van der Waals surface area contributed by atoms with Gasteiger partial charge in [0.1, 0.15) is 0 Å². The fourth-order valence-electron chi connectivity index (χ4n) is 3.76. The van der Waals surface area contributed by atoms with Crippen molar-refractivity contribution < 1.29 is 0 Å². The molecule has 0 aromatic rings. The molecule has 2 heterocycles. The zero-order valence-corrected chi connectivity index (χ0v) is 13.7. The zero-order valence-electron chi connectivity index (χ0n) is 13.7. The standard InChI is InChI=1S/C17H35N3/c1-3-11-19-14-8-17(9-15-19)18-10-6-13-20-12-5-4-7-16(20)2/h16-18H,3-15H2,1-2H3. The van der Waals surface area contributed by atoms with E-state index < -0.39 is 0 Å². The molecule has 20 heavy (non-hydrogen) atoms. The van der Waals surface area contributed by atoms with Crippen LogP contribution >= 0.6 is 0 Å². The molecule has 0 aromatic carbocycles. The molecule has 3 nitrogen and oxygen atoms in total. The Kier molecular flexibility index (Phi) is 7.32. The molecule has 0 bridgehead atoms. The van der Waals surface area contributed by atoms with Gasteiger partial charge in [0.2, 0.25) is 0 Å². The molecule has 2 saturated heterocycles. The highest BCUT2D eigenvalue weighted by atomic mass is 15.2. The fourth-order valence-corrected chi connectivity index (χ4v) is 3.76. The summed E-state index contributed by atoms with van der Waals surface area (Å²) in [5.74, 6) is 0. The first kappa shape index (κ1) is 16.3. The SMILES string of the molecule is CCCN1CCC(NCCCN2CCCCC2C)CC1. The predicted octanol–water partition coefficient (Wildman–Crippen LogP) is 2.71. The molecule has 1 N–H and O–H groups in total. The summed E-state index contributed by atoms with van der Waals surface area (Å²) in [4.78, 5) is 5.31. The van der Waals surface area contributed by atoms with Gasteiger partial charge in [-0.05, 0) is 84.7 Å². The van der Waals surface area contributed by atoms with Crippen molar-refractivity contribution in [3.05, 3.63) is 0 Å². The molecule has 0 saturated carbocycles. The Morgan fingerprint density at radius 3 is 2.50 bits per heavy atom. The largest absolute Gasteiger partial charge is 0.314 e. The van der Waals surface area contributed by atoms with Gasteiger partial charge in [0.25, 0.3) is 0 Å². The number of rotatable bonds is 7. The van der Waals surface area contributed by atoms with Crippen molar-refractivity contribution in [2.45, 2.75) is 70.9 Å². The van der Waals surface area contributed by atoms with Crippen LogP contribution in [0.1, 0.15) is 58.8 Å². The van der Waals surface area contributed by atoms with Gasteiger partial charge in [-0.1, -0.05) is 13.3 Å². The lowest BCUT2D eigenvalue weighted by Gasteiger charge is -2.34. The molecule has 118 valence electrons. The van der Waals surface area contributed by atoms with Gasteiger partial charge in [0, 0.05) is 12.1 Å². The van der Waals surface area contributed by atoms with E-state index >= 15 is 0 Å². The molecule has 0 aliphatic carbocycles. The third kappa shape index (κ3) is 5.34. The average Bonchev–Trinajstić information content (AvgIpc) is 2.47. The molecule has 0 spiro atoms. The molecule has 0 aromatic heterocycles. The van der Waals surface area contributed by atoms with Gasteiger partial charge in [-0.25, -0.2) is 0 Å². The van der Waals surface area contributed by atoms with Crippen LogP contribution < -0.4 is 5.32 Å². The topological polar surface area (TPSA) is 18.5 Å². The molecular weight excluding hydrogens is 246 g/mol. The second kappa shape index (κ2) is 9.01. The third-order valence-electron chi connectivity index (χ3n) is 5.12. The maximum atomic E-state index is 3.79. The molecule has 1 unspecified atom stereocenters. The third-order valence-corrected chi connectivity index (χ3v) is 5.12. The first-order valence-corrected chi connectivity index (χ1v) is 8.99. The molecule has 2 aliphatic heterocycles. The van der Waals surface area contributed by atoms with Gasteiger partial charge in [0.05, 0.1) is 0 Å². The van der Waals surface area contributed by atoms with Crippen molar-refractivity contribution in [3.8, 4) is 0 Å². The Hall–Kier alpha value is -0.120. The lowest BCUT2D eigenvalue weighted by atomic mass is 10.0. The minimum atomic E-state index is 0.780. The van der Waals surface area contributed by atoms with Crippen molar-refractivity contribution >= 4 is 0 Å². The van der Waals surface area contributed by atoms with Crippen molar-refractivity contribution in [1.82, 2.24) is 15.1 Å². The number of hydrogen-bond donors (Lipinski definition) is 1. The number of nitrogens with one attached hydrogen (secondary N) is 1. The minimum Gasteiger partial charge on any atom is -0.314 e. The average molecular weight is 281 g/mol. The summed E-state index contributed by atoms with van der Waals surface area (Å²) in [7, 11) is 0. The smallest absolute Gasteiger partial charge is 0.00914 e. The summed E-state index contributed by atoms with van der Waals surface area (Å²) in [5, 5.41) is 3.79. The van der Waals surface area contributed by atoms with Gasteiger partial charge in [-0.3, -0.25) is 0 Å². The molecule has 0 radical (unpaired) electrons. The van der Waals surface area contributed by atoms with Gasteiger partial charge in [-0.2, -0.15) is 0 Å². The van der Waals surface area contributed by atoms with Crippen LogP contribution in [0, 0.1) is 0 Å². The molecule has 2 fully saturated rings. The molecule has 2 aliphatic rings. The van der Waals surface area contributed by atoms with Crippen molar-refractivity contribution in [3.63, 3.8) is 0 Å². The maximum absolute atomic E-state index is 3.79. The number of likely N-dealkylation sites (tertiary alicyclic amines) is 2. The van der Waals surface area contributed by atoms with E-state index in [-0.39, 0.29) is 0 Å². The summed E-state index contributed by atoms with van der Waals surface area (Å²) in [6, 6.07) is 1.60. The van der Waals surface area contributed by atoms with Crippen LogP contribution in [0.25, 0.3) is 0 Å². The second-order valence-electron chi connectivity index (χ2n) is 6.80. The minimum absolute atomic E-state index is 0.780. The van der Waals surface area contributed by atoms with Crippen LogP contribution in [0.3, 0.4) is 0 Å². The van der Waals surface area contributed by atoms with E-state index in [0.29, 0.717) is 0 Å². The van der Waals surface area contributed by atoms with Gasteiger partial charge in [0.15, 0.2) is 0 Å². The van der Waals surface area contributed by atoms with E-state index in [0.717, 1.165) is 12.1 Å². The summed E-state index contributed by atoms with van der Waals surface area (Å²) < 4.78 is 0. The van der Waals surface area contributed by atoms with E-state index in [1.54, 1.807) is 0 Å². The Labute approximate surface area is 126 Å². The van der Waals surface area contributed by atoms with Crippen molar-refractivity contribution in [2.75, 3.05) is 39.3 Å². The van der Waals surface area contributed by atoms with Gasteiger partial charge in [-0.15, -0.1) is 0 Å². The van der Waals surface area contributed by atoms with Crippen LogP contribution in [0.5, 0.6) is 0 Å². The number of piperidine rings is 2. The van der Waals surface area contributed by atoms with Crippen molar-refractivity contribution in [2.24, 2.45) is 0 Å².